The standard InChI is InChI=1S/C22H22O4S2/c1-15(23)25-12-11-18(17-5-7-19(8-6-17)26-16(2)24)14-20-9-10-22(28-20)21-4-3-13-27-21/h3-10,13,18H,11-12,14H2,1-2H3. The Kier molecular flexibility index (Phi) is 7.01. The van der Waals surface area contributed by atoms with Crippen LogP contribution in [0.1, 0.15) is 36.6 Å². The zero-order chi connectivity index (χ0) is 19.9. The average molecular weight is 415 g/mol. The topological polar surface area (TPSA) is 52.6 Å². The van der Waals surface area contributed by atoms with Gasteiger partial charge in [-0.2, -0.15) is 0 Å². The molecular weight excluding hydrogens is 392 g/mol. The normalized spacial score (nSPS) is 11.8. The summed E-state index contributed by atoms with van der Waals surface area (Å²) >= 11 is 3.54. The summed E-state index contributed by atoms with van der Waals surface area (Å²) in [6.45, 7) is 3.20. The molecule has 2 aromatic heterocycles. The zero-order valence-electron chi connectivity index (χ0n) is 15.8. The maximum Gasteiger partial charge on any atom is 0.308 e. The molecule has 0 amide bonds. The van der Waals surface area contributed by atoms with E-state index in [1.807, 2.05) is 12.1 Å². The third kappa shape index (κ3) is 5.78. The summed E-state index contributed by atoms with van der Waals surface area (Å²) in [5, 5.41) is 2.08. The minimum Gasteiger partial charge on any atom is -0.466 e. The lowest BCUT2D eigenvalue weighted by molar-refractivity contribution is -0.141. The van der Waals surface area contributed by atoms with Crippen LogP contribution in [0, 0.1) is 0 Å². The third-order valence-electron chi connectivity index (χ3n) is 4.26. The summed E-state index contributed by atoms with van der Waals surface area (Å²) < 4.78 is 10.3. The van der Waals surface area contributed by atoms with Crippen molar-refractivity contribution < 1.29 is 19.1 Å². The second-order valence-electron chi connectivity index (χ2n) is 6.44. The van der Waals surface area contributed by atoms with Gasteiger partial charge < -0.3 is 9.47 Å². The predicted octanol–water partition coefficient (Wildman–Crippen LogP) is 5.68. The molecule has 0 radical (unpaired) electrons. The Balaban J connectivity index is 1.74. The molecule has 1 aromatic carbocycles. The highest BCUT2D eigenvalue weighted by atomic mass is 32.1. The number of carbonyl (C=O) groups excluding carboxylic acids is 2. The molecule has 2 heterocycles. The Morgan fingerprint density at radius 1 is 0.964 bits per heavy atom. The van der Waals surface area contributed by atoms with Crippen LogP contribution in [0.15, 0.2) is 53.9 Å². The molecule has 3 rings (SSSR count). The second-order valence-corrected chi connectivity index (χ2v) is 8.55. The minimum atomic E-state index is -0.334. The van der Waals surface area contributed by atoms with E-state index < -0.39 is 0 Å². The van der Waals surface area contributed by atoms with E-state index in [1.165, 1.54) is 28.5 Å². The number of thiophene rings is 2. The first-order valence-electron chi connectivity index (χ1n) is 9.05. The number of carbonyl (C=O) groups is 2. The lowest BCUT2D eigenvalue weighted by Crippen LogP contribution is -2.09. The van der Waals surface area contributed by atoms with Crippen molar-refractivity contribution in [1.82, 2.24) is 0 Å². The van der Waals surface area contributed by atoms with E-state index in [-0.39, 0.29) is 17.9 Å². The van der Waals surface area contributed by atoms with Gasteiger partial charge in [-0.05, 0) is 60.0 Å². The number of esters is 2. The van der Waals surface area contributed by atoms with Crippen molar-refractivity contribution in [2.24, 2.45) is 0 Å². The molecule has 0 aliphatic rings. The Labute approximate surface area is 172 Å². The van der Waals surface area contributed by atoms with Gasteiger partial charge >= 0.3 is 11.9 Å². The molecule has 28 heavy (non-hydrogen) atoms. The summed E-state index contributed by atoms with van der Waals surface area (Å²) in [6, 6.07) is 16.1. The van der Waals surface area contributed by atoms with Crippen molar-refractivity contribution in [3.05, 3.63) is 64.4 Å². The van der Waals surface area contributed by atoms with Crippen molar-refractivity contribution >= 4 is 34.6 Å². The monoisotopic (exact) mass is 414 g/mol. The molecular formula is C22H22O4S2. The van der Waals surface area contributed by atoms with E-state index >= 15 is 0 Å². The Bertz CT molecular complexity index is 910. The summed E-state index contributed by atoms with van der Waals surface area (Å²) in [5.74, 6) is 0.144. The maximum absolute atomic E-state index is 11.1. The van der Waals surface area contributed by atoms with Gasteiger partial charge in [0.1, 0.15) is 5.75 Å². The van der Waals surface area contributed by atoms with E-state index in [0.717, 1.165) is 18.4 Å². The van der Waals surface area contributed by atoms with Crippen LogP contribution in [0.4, 0.5) is 0 Å². The summed E-state index contributed by atoms with van der Waals surface area (Å²) in [5.41, 5.74) is 1.13. The fourth-order valence-corrected chi connectivity index (χ4v) is 4.91. The number of hydrogen-bond acceptors (Lipinski definition) is 6. The van der Waals surface area contributed by atoms with Gasteiger partial charge in [-0.3, -0.25) is 9.59 Å². The molecule has 146 valence electrons. The van der Waals surface area contributed by atoms with Crippen LogP contribution in [-0.4, -0.2) is 18.5 Å². The van der Waals surface area contributed by atoms with E-state index in [9.17, 15) is 9.59 Å². The van der Waals surface area contributed by atoms with E-state index in [0.29, 0.717) is 12.4 Å². The lowest BCUT2D eigenvalue weighted by Gasteiger charge is -2.17. The number of benzene rings is 1. The highest BCUT2D eigenvalue weighted by Gasteiger charge is 2.16. The predicted molar refractivity (Wildman–Crippen MR) is 113 cm³/mol. The zero-order valence-corrected chi connectivity index (χ0v) is 17.5. The molecule has 0 aliphatic heterocycles. The van der Waals surface area contributed by atoms with Gasteiger partial charge in [0, 0.05) is 28.5 Å². The van der Waals surface area contributed by atoms with Gasteiger partial charge in [0.2, 0.25) is 0 Å². The molecule has 1 unspecified atom stereocenters. The number of hydrogen-bond donors (Lipinski definition) is 0. The first-order valence-corrected chi connectivity index (χ1v) is 10.7. The smallest absolute Gasteiger partial charge is 0.308 e. The largest absolute Gasteiger partial charge is 0.466 e. The Morgan fingerprint density at radius 2 is 1.75 bits per heavy atom. The molecule has 1 atom stereocenters. The number of ether oxygens (including phenoxy) is 2. The Hall–Kier alpha value is -2.44. The molecule has 3 aromatic rings. The van der Waals surface area contributed by atoms with E-state index in [2.05, 4.69) is 29.6 Å². The van der Waals surface area contributed by atoms with Crippen molar-refractivity contribution in [2.45, 2.75) is 32.6 Å². The molecule has 0 aliphatic carbocycles. The van der Waals surface area contributed by atoms with Crippen molar-refractivity contribution in [3.63, 3.8) is 0 Å². The first kappa shape index (κ1) is 20.3. The summed E-state index contributed by atoms with van der Waals surface area (Å²) in [6.07, 6.45) is 1.60. The summed E-state index contributed by atoms with van der Waals surface area (Å²) in [4.78, 5) is 26.1. The molecule has 0 N–H and O–H groups in total. The van der Waals surface area contributed by atoms with Crippen molar-refractivity contribution in [2.75, 3.05) is 6.61 Å². The van der Waals surface area contributed by atoms with Crippen molar-refractivity contribution in [1.29, 1.82) is 0 Å². The lowest BCUT2D eigenvalue weighted by atomic mass is 9.92. The van der Waals surface area contributed by atoms with Crippen LogP contribution in [0.5, 0.6) is 5.75 Å². The molecule has 4 nitrogen and oxygen atoms in total. The van der Waals surface area contributed by atoms with Crippen LogP contribution < -0.4 is 4.74 Å². The highest BCUT2D eigenvalue weighted by molar-refractivity contribution is 7.21. The first-order chi connectivity index (χ1) is 13.5. The average Bonchev–Trinajstić information content (AvgIpc) is 3.32. The molecule has 0 bridgehead atoms. The minimum absolute atomic E-state index is 0.209. The van der Waals surface area contributed by atoms with Crippen LogP contribution in [0.25, 0.3) is 9.75 Å². The third-order valence-corrected chi connectivity index (χ3v) is 6.43. The molecule has 0 spiro atoms. The van der Waals surface area contributed by atoms with Crippen LogP contribution in [0.3, 0.4) is 0 Å². The van der Waals surface area contributed by atoms with Gasteiger partial charge in [0.05, 0.1) is 6.61 Å². The van der Waals surface area contributed by atoms with Crippen molar-refractivity contribution in [3.8, 4) is 15.5 Å². The van der Waals surface area contributed by atoms with Gasteiger partial charge in [0.25, 0.3) is 0 Å². The van der Waals surface area contributed by atoms with E-state index in [1.54, 1.807) is 34.8 Å². The molecule has 6 heteroatoms. The number of rotatable bonds is 8. The van der Waals surface area contributed by atoms with Gasteiger partial charge in [-0.25, -0.2) is 0 Å². The maximum atomic E-state index is 11.1. The fourth-order valence-electron chi connectivity index (χ4n) is 2.99. The van der Waals surface area contributed by atoms with Gasteiger partial charge in [0.15, 0.2) is 0 Å². The molecule has 0 saturated heterocycles. The van der Waals surface area contributed by atoms with E-state index in [4.69, 9.17) is 9.47 Å². The molecule has 0 saturated carbocycles. The quantitative estimate of drug-likeness (QED) is 0.351. The van der Waals surface area contributed by atoms with Crippen LogP contribution >= 0.6 is 22.7 Å². The van der Waals surface area contributed by atoms with Gasteiger partial charge in [-0.15, -0.1) is 22.7 Å². The Morgan fingerprint density at radius 3 is 2.39 bits per heavy atom. The van der Waals surface area contributed by atoms with Crippen LogP contribution in [0.2, 0.25) is 0 Å². The second kappa shape index (κ2) is 9.66. The summed E-state index contributed by atoms with van der Waals surface area (Å²) in [7, 11) is 0. The fraction of sp³-hybridized carbons (Fsp3) is 0.273. The SMILES string of the molecule is CC(=O)OCCC(Cc1ccc(-c2cccs2)s1)c1ccc(OC(C)=O)cc1. The van der Waals surface area contributed by atoms with Crippen LogP contribution in [-0.2, 0) is 20.7 Å². The van der Waals surface area contributed by atoms with Gasteiger partial charge in [-0.1, -0.05) is 18.2 Å². The highest BCUT2D eigenvalue weighted by Crippen LogP contribution is 2.35. The molecule has 0 fully saturated rings.